The van der Waals surface area contributed by atoms with Gasteiger partial charge >= 0.3 is 0 Å². The molecule has 34 heavy (non-hydrogen) atoms. The Labute approximate surface area is 202 Å². The van der Waals surface area contributed by atoms with Crippen LogP contribution in [0.1, 0.15) is 51.0 Å². The molecule has 0 aromatic heterocycles. The lowest BCUT2D eigenvalue weighted by Crippen LogP contribution is -1.89. The van der Waals surface area contributed by atoms with Crippen LogP contribution in [0.3, 0.4) is 0 Å². The van der Waals surface area contributed by atoms with Crippen LogP contribution in [0.15, 0.2) is 91.0 Å². The summed E-state index contributed by atoms with van der Waals surface area (Å²) in [4.78, 5) is 0. The normalized spacial score (nSPS) is 11.0. The maximum Gasteiger partial charge on any atom is 0.166 e. The van der Waals surface area contributed by atoms with Crippen LogP contribution < -0.4 is 0 Å². The van der Waals surface area contributed by atoms with Gasteiger partial charge in [-0.15, -0.1) is 0 Å². The van der Waals surface area contributed by atoms with Gasteiger partial charge in [-0.1, -0.05) is 124 Å². The molecule has 0 saturated carbocycles. The van der Waals surface area contributed by atoms with Gasteiger partial charge in [-0.2, -0.15) is 0 Å². The molecule has 4 aromatic carbocycles. The summed E-state index contributed by atoms with van der Waals surface area (Å²) in [5.41, 5.74) is 6.89. The molecule has 0 aliphatic rings. The van der Waals surface area contributed by atoms with Crippen molar-refractivity contribution < 1.29 is 8.78 Å². The van der Waals surface area contributed by atoms with Crippen LogP contribution in [-0.4, -0.2) is 0 Å². The molecule has 0 radical (unpaired) electrons. The molecule has 0 aliphatic heterocycles. The monoisotopic (exact) mass is 454 g/mol. The van der Waals surface area contributed by atoms with Crippen LogP contribution in [0.25, 0.3) is 33.4 Å². The zero-order chi connectivity index (χ0) is 23.8. The zero-order valence-corrected chi connectivity index (χ0v) is 19.9. The summed E-state index contributed by atoms with van der Waals surface area (Å²) in [5, 5.41) is 0. The molecular weight excluding hydrogens is 422 g/mol. The maximum absolute atomic E-state index is 14.1. The molecule has 0 saturated heterocycles. The first-order valence-corrected chi connectivity index (χ1v) is 12.4. The average Bonchev–Trinajstić information content (AvgIpc) is 2.88. The van der Waals surface area contributed by atoms with Crippen molar-refractivity contribution in [1.82, 2.24) is 0 Å². The molecule has 174 valence electrons. The quantitative estimate of drug-likeness (QED) is 0.209. The van der Waals surface area contributed by atoms with E-state index < -0.39 is 11.6 Å². The van der Waals surface area contributed by atoms with Gasteiger partial charge in [0.25, 0.3) is 0 Å². The highest BCUT2D eigenvalue weighted by Gasteiger charge is 2.10. The second-order valence-electron chi connectivity index (χ2n) is 8.97. The molecule has 0 spiro atoms. The van der Waals surface area contributed by atoms with Gasteiger partial charge in [-0.05, 0) is 52.3 Å². The Balaban J connectivity index is 1.38. The maximum atomic E-state index is 14.1. The smallest absolute Gasteiger partial charge is 0.166 e. The molecule has 0 atom stereocenters. The Kier molecular flexibility index (Phi) is 8.25. The van der Waals surface area contributed by atoms with Gasteiger partial charge in [-0.25, -0.2) is 8.78 Å². The van der Waals surface area contributed by atoms with Crippen LogP contribution in [0.5, 0.6) is 0 Å². The number of aryl methyl sites for hydroxylation is 1. The number of hydrogen-bond acceptors (Lipinski definition) is 0. The topological polar surface area (TPSA) is 0 Å². The summed E-state index contributed by atoms with van der Waals surface area (Å²) in [6.45, 7) is 2.26. The Morgan fingerprint density at radius 3 is 1.53 bits per heavy atom. The highest BCUT2D eigenvalue weighted by molar-refractivity contribution is 5.73. The van der Waals surface area contributed by atoms with Crippen molar-refractivity contribution >= 4 is 0 Å². The third-order valence-corrected chi connectivity index (χ3v) is 6.47. The molecule has 2 heteroatoms. The van der Waals surface area contributed by atoms with Crippen LogP contribution in [0, 0.1) is 11.6 Å². The van der Waals surface area contributed by atoms with E-state index in [1.165, 1.54) is 61.3 Å². The lowest BCUT2D eigenvalue weighted by atomic mass is 9.97. The predicted molar refractivity (Wildman–Crippen MR) is 140 cm³/mol. The molecule has 0 N–H and O–H groups in total. The fourth-order valence-electron chi connectivity index (χ4n) is 4.40. The fraction of sp³-hybridized carbons (Fsp3) is 0.250. The summed E-state index contributed by atoms with van der Waals surface area (Å²) >= 11 is 0. The molecule has 0 nitrogen and oxygen atoms in total. The summed E-state index contributed by atoms with van der Waals surface area (Å²) in [5.74, 6) is -1.63. The average molecular weight is 455 g/mol. The minimum Gasteiger partial charge on any atom is -0.204 e. The Bertz CT molecular complexity index is 1170. The first kappa shape index (κ1) is 23.9. The minimum absolute atomic E-state index is 0.279. The SMILES string of the molecule is CCCCCCCCc1ccc(-c2ccc(-c3ccc(-c4cccc(F)c4F)cc3)cc2)cc1. The molecule has 0 unspecified atom stereocenters. The molecule has 0 aliphatic carbocycles. The van der Waals surface area contributed by atoms with Gasteiger partial charge in [0.1, 0.15) is 0 Å². The largest absolute Gasteiger partial charge is 0.204 e. The number of hydrogen-bond donors (Lipinski definition) is 0. The third-order valence-electron chi connectivity index (χ3n) is 6.47. The first-order valence-electron chi connectivity index (χ1n) is 12.4. The molecule has 0 amide bonds. The first-order chi connectivity index (χ1) is 16.7. The van der Waals surface area contributed by atoms with E-state index in [4.69, 9.17) is 0 Å². The third kappa shape index (κ3) is 5.99. The van der Waals surface area contributed by atoms with Crippen molar-refractivity contribution in [3.05, 3.63) is 108 Å². The highest BCUT2D eigenvalue weighted by Crippen LogP contribution is 2.29. The van der Waals surface area contributed by atoms with Crippen molar-refractivity contribution in [1.29, 1.82) is 0 Å². The van der Waals surface area contributed by atoms with Gasteiger partial charge in [-0.3, -0.25) is 0 Å². The Hall–Kier alpha value is -3.26. The van der Waals surface area contributed by atoms with E-state index in [2.05, 4.69) is 55.5 Å². The molecule has 4 rings (SSSR count). The van der Waals surface area contributed by atoms with E-state index >= 15 is 0 Å². The van der Waals surface area contributed by atoms with Crippen molar-refractivity contribution in [2.24, 2.45) is 0 Å². The summed E-state index contributed by atoms with van der Waals surface area (Å²) < 4.78 is 27.6. The fourth-order valence-corrected chi connectivity index (χ4v) is 4.40. The molecule has 0 heterocycles. The molecule has 4 aromatic rings. The van der Waals surface area contributed by atoms with Gasteiger partial charge < -0.3 is 0 Å². The highest BCUT2D eigenvalue weighted by atomic mass is 19.2. The van der Waals surface area contributed by atoms with Gasteiger partial charge in [0.15, 0.2) is 11.6 Å². The molecule has 0 bridgehead atoms. The number of benzene rings is 4. The van der Waals surface area contributed by atoms with E-state index in [-0.39, 0.29) is 5.56 Å². The summed E-state index contributed by atoms with van der Waals surface area (Å²) in [6, 6.07) is 29.3. The molecular formula is C32H32F2. The predicted octanol–water partition coefficient (Wildman–Crippen LogP) is 9.87. The van der Waals surface area contributed by atoms with Gasteiger partial charge in [0, 0.05) is 5.56 Å². The van der Waals surface area contributed by atoms with Crippen LogP contribution >= 0.6 is 0 Å². The zero-order valence-electron chi connectivity index (χ0n) is 19.9. The van der Waals surface area contributed by atoms with Gasteiger partial charge in [0.05, 0.1) is 0 Å². The lowest BCUT2D eigenvalue weighted by molar-refractivity contribution is 0.511. The van der Waals surface area contributed by atoms with E-state index in [1.54, 1.807) is 6.07 Å². The molecule has 0 fully saturated rings. The second-order valence-corrected chi connectivity index (χ2v) is 8.97. The Morgan fingerprint density at radius 1 is 0.500 bits per heavy atom. The number of rotatable bonds is 10. The standard InChI is InChI=1S/C32H32F2/c1-2-3-4-5-6-7-9-24-12-14-25(15-13-24)26-16-18-27(19-17-26)28-20-22-29(23-21-28)30-10-8-11-31(33)32(30)34/h8,10-23H,2-7,9H2,1H3. The van der Waals surface area contributed by atoms with Crippen molar-refractivity contribution in [2.75, 3.05) is 0 Å². The second kappa shape index (κ2) is 11.7. The van der Waals surface area contributed by atoms with Crippen LogP contribution in [0.2, 0.25) is 0 Å². The van der Waals surface area contributed by atoms with E-state index in [1.807, 2.05) is 24.3 Å². The van der Waals surface area contributed by atoms with E-state index in [9.17, 15) is 8.78 Å². The summed E-state index contributed by atoms with van der Waals surface area (Å²) in [6.07, 6.45) is 9.11. The van der Waals surface area contributed by atoms with Crippen molar-refractivity contribution in [2.45, 2.75) is 51.9 Å². The minimum atomic E-state index is -0.826. The lowest BCUT2D eigenvalue weighted by Gasteiger charge is -2.08. The van der Waals surface area contributed by atoms with Crippen LogP contribution in [0.4, 0.5) is 8.78 Å². The van der Waals surface area contributed by atoms with Crippen molar-refractivity contribution in [3.63, 3.8) is 0 Å². The van der Waals surface area contributed by atoms with Gasteiger partial charge in [0.2, 0.25) is 0 Å². The summed E-state index contributed by atoms with van der Waals surface area (Å²) in [7, 11) is 0. The Morgan fingerprint density at radius 2 is 0.971 bits per heavy atom. The number of halogens is 2. The van der Waals surface area contributed by atoms with E-state index in [0.29, 0.717) is 5.56 Å². The van der Waals surface area contributed by atoms with Crippen LogP contribution in [-0.2, 0) is 6.42 Å². The van der Waals surface area contributed by atoms with Crippen molar-refractivity contribution in [3.8, 4) is 33.4 Å². The number of unbranched alkanes of at least 4 members (excludes halogenated alkanes) is 5. The van der Waals surface area contributed by atoms with E-state index in [0.717, 1.165) is 23.6 Å².